The molecule has 3 aromatic rings. The normalized spacial score (nSPS) is 14.3. The summed E-state index contributed by atoms with van der Waals surface area (Å²) >= 11 is 0. The first-order valence-corrected chi connectivity index (χ1v) is 10.2. The number of amides is 1. The van der Waals surface area contributed by atoms with Crippen molar-refractivity contribution >= 4 is 11.7 Å². The van der Waals surface area contributed by atoms with E-state index in [0.29, 0.717) is 19.0 Å². The maximum absolute atomic E-state index is 12.5. The number of nitrogens with zero attached hydrogens (tertiary/aromatic N) is 6. The lowest BCUT2D eigenvalue weighted by molar-refractivity contribution is -0.125. The molecule has 0 saturated carbocycles. The molecule has 1 aliphatic rings. The van der Waals surface area contributed by atoms with E-state index in [2.05, 4.69) is 30.3 Å². The molecule has 4 rings (SSSR count). The van der Waals surface area contributed by atoms with E-state index in [1.807, 2.05) is 30.3 Å². The molecule has 1 fully saturated rings. The van der Waals surface area contributed by atoms with Crippen LogP contribution in [-0.2, 0) is 4.79 Å². The van der Waals surface area contributed by atoms with Gasteiger partial charge in [-0.3, -0.25) is 4.79 Å². The van der Waals surface area contributed by atoms with Crippen LogP contribution in [0, 0.1) is 5.92 Å². The summed E-state index contributed by atoms with van der Waals surface area (Å²) in [5.74, 6) is 3.09. The zero-order chi connectivity index (χ0) is 21.5. The highest BCUT2D eigenvalue weighted by Gasteiger charge is 2.25. The van der Waals surface area contributed by atoms with Gasteiger partial charge in [-0.2, -0.15) is 5.10 Å². The molecule has 0 unspecified atom stereocenters. The monoisotopic (exact) mass is 423 g/mol. The third-order valence-electron chi connectivity index (χ3n) is 5.21. The maximum Gasteiger partial charge on any atom is 0.223 e. The van der Waals surface area contributed by atoms with Crippen molar-refractivity contribution in [1.29, 1.82) is 0 Å². The van der Waals surface area contributed by atoms with Crippen molar-refractivity contribution in [3.63, 3.8) is 0 Å². The van der Waals surface area contributed by atoms with Crippen LogP contribution in [0.15, 0.2) is 49.3 Å². The maximum atomic E-state index is 12.5. The van der Waals surface area contributed by atoms with Crippen molar-refractivity contribution < 1.29 is 14.3 Å². The second-order valence-electron chi connectivity index (χ2n) is 7.15. The van der Waals surface area contributed by atoms with Gasteiger partial charge in [-0.25, -0.2) is 19.6 Å². The number of carbonyl (C=O) groups excluding carboxylic acids is 1. The molecule has 10 heteroatoms. The molecule has 1 aliphatic heterocycles. The molecule has 0 bridgehead atoms. The number of benzene rings is 1. The van der Waals surface area contributed by atoms with Gasteiger partial charge in [0.2, 0.25) is 5.91 Å². The topological polar surface area (TPSA) is 107 Å². The minimum atomic E-state index is -0.00569. The van der Waals surface area contributed by atoms with Gasteiger partial charge in [0.1, 0.15) is 42.9 Å². The van der Waals surface area contributed by atoms with E-state index >= 15 is 0 Å². The van der Waals surface area contributed by atoms with Gasteiger partial charge in [0.15, 0.2) is 5.82 Å². The number of carbonyl (C=O) groups is 1. The van der Waals surface area contributed by atoms with Crippen LogP contribution >= 0.6 is 0 Å². The summed E-state index contributed by atoms with van der Waals surface area (Å²) in [7, 11) is 1.62. The number of rotatable bonds is 8. The van der Waals surface area contributed by atoms with E-state index in [9.17, 15) is 4.79 Å². The molecule has 0 spiro atoms. The van der Waals surface area contributed by atoms with Gasteiger partial charge >= 0.3 is 0 Å². The third-order valence-corrected chi connectivity index (χ3v) is 5.21. The Bertz CT molecular complexity index is 971. The van der Waals surface area contributed by atoms with Gasteiger partial charge in [-0.1, -0.05) is 0 Å². The zero-order valence-electron chi connectivity index (χ0n) is 17.3. The highest BCUT2D eigenvalue weighted by atomic mass is 16.5. The number of hydrogen-bond acceptors (Lipinski definition) is 8. The fourth-order valence-corrected chi connectivity index (χ4v) is 3.49. The molecule has 1 aromatic carbocycles. The third kappa shape index (κ3) is 5.27. The van der Waals surface area contributed by atoms with Crippen molar-refractivity contribution in [3.8, 4) is 17.3 Å². The van der Waals surface area contributed by atoms with Gasteiger partial charge in [0, 0.05) is 25.1 Å². The van der Waals surface area contributed by atoms with E-state index in [1.54, 1.807) is 18.1 Å². The Morgan fingerprint density at radius 2 is 1.84 bits per heavy atom. The summed E-state index contributed by atoms with van der Waals surface area (Å²) in [6, 6.07) is 9.25. The van der Waals surface area contributed by atoms with E-state index in [4.69, 9.17) is 9.47 Å². The first-order chi connectivity index (χ1) is 15.2. The van der Waals surface area contributed by atoms with Crippen LogP contribution < -0.4 is 19.7 Å². The summed E-state index contributed by atoms with van der Waals surface area (Å²) in [5, 5.41) is 7.07. The van der Waals surface area contributed by atoms with E-state index in [1.165, 1.54) is 12.7 Å². The summed E-state index contributed by atoms with van der Waals surface area (Å²) in [4.78, 5) is 27.2. The highest BCUT2D eigenvalue weighted by Crippen LogP contribution is 2.22. The lowest BCUT2D eigenvalue weighted by Gasteiger charge is -2.32. The number of methoxy groups -OCH3 is 1. The quantitative estimate of drug-likeness (QED) is 0.543. The number of ether oxygens (including phenoxy) is 2. The van der Waals surface area contributed by atoms with Crippen LogP contribution in [0.4, 0.5) is 5.82 Å². The second-order valence-corrected chi connectivity index (χ2v) is 7.15. The highest BCUT2D eigenvalue weighted by molar-refractivity contribution is 5.79. The van der Waals surface area contributed by atoms with Gasteiger partial charge in [0.25, 0.3) is 0 Å². The average Bonchev–Trinajstić information content (AvgIpc) is 3.37. The minimum absolute atomic E-state index is 0.00569. The Hall–Kier alpha value is -3.69. The van der Waals surface area contributed by atoms with Crippen LogP contribution in [-0.4, -0.2) is 64.0 Å². The van der Waals surface area contributed by atoms with Crippen molar-refractivity contribution in [1.82, 2.24) is 30.0 Å². The number of hydrogen-bond donors (Lipinski definition) is 1. The molecular weight excluding hydrogens is 398 g/mol. The standard InChI is InChI=1S/C21H25N7O3/c1-30-17-2-4-18(5-3-17)31-11-8-23-21(29)16-6-9-27(10-7-16)19-12-20(25-14-24-19)28-15-22-13-26-28/h2-5,12-16H,6-11H2,1H3,(H,23,29). The number of anilines is 1. The number of nitrogens with one attached hydrogen (secondary N) is 1. The van der Waals surface area contributed by atoms with Crippen LogP contribution in [0.25, 0.3) is 5.82 Å². The summed E-state index contributed by atoms with van der Waals surface area (Å²) in [6.45, 7) is 2.41. The molecule has 0 aliphatic carbocycles. The van der Waals surface area contributed by atoms with Crippen LogP contribution in [0.2, 0.25) is 0 Å². The average molecular weight is 423 g/mol. The predicted octanol–water partition coefficient (Wildman–Crippen LogP) is 1.48. The molecule has 31 heavy (non-hydrogen) atoms. The van der Waals surface area contributed by atoms with Gasteiger partial charge in [-0.15, -0.1) is 0 Å². The van der Waals surface area contributed by atoms with Crippen LogP contribution in [0.3, 0.4) is 0 Å². The van der Waals surface area contributed by atoms with Crippen molar-refractivity contribution in [3.05, 3.63) is 49.3 Å². The van der Waals surface area contributed by atoms with Crippen molar-refractivity contribution in [2.24, 2.45) is 5.92 Å². The largest absolute Gasteiger partial charge is 0.497 e. The molecule has 1 N–H and O–H groups in total. The molecule has 1 amide bonds. The summed E-state index contributed by atoms with van der Waals surface area (Å²) < 4.78 is 12.4. The van der Waals surface area contributed by atoms with E-state index in [-0.39, 0.29) is 11.8 Å². The Kier molecular flexibility index (Phi) is 6.56. The minimum Gasteiger partial charge on any atom is -0.497 e. The molecular formula is C21H25N7O3. The summed E-state index contributed by atoms with van der Waals surface area (Å²) in [6.07, 6.45) is 6.13. The Morgan fingerprint density at radius 1 is 1.10 bits per heavy atom. The summed E-state index contributed by atoms with van der Waals surface area (Å²) in [5.41, 5.74) is 0. The molecule has 10 nitrogen and oxygen atoms in total. The number of piperidine rings is 1. The lowest BCUT2D eigenvalue weighted by atomic mass is 9.96. The second kappa shape index (κ2) is 9.88. The van der Waals surface area contributed by atoms with Crippen LogP contribution in [0.5, 0.6) is 11.5 Å². The molecule has 162 valence electrons. The Balaban J connectivity index is 1.20. The Labute approximate surface area is 180 Å². The lowest BCUT2D eigenvalue weighted by Crippen LogP contribution is -2.41. The molecule has 2 aromatic heterocycles. The SMILES string of the molecule is COc1ccc(OCCNC(=O)C2CCN(c3cc(-n4cncn4)ncn3)CC2)cc1. The number of aromatic nitrogens is 5. The predicted molar refractivity (Wildman–Crippen MR) is 113 cm³/mol. The molecule has 3 heterocycles. The Morgan fingerprint density at radius 3 is 2.55 bits per heavy atom. The molecule has 0 radical (unpaired) electrons. The first kappa shape index (κ1) is 20.6. The molecule has 0 atom stereocenters. The molecule has 1 saturated heterocycles. The van der Waals surface area contributed by atoms with E-state index in [0.717, 1.165) is 43.2 Å². The van der Waals surface area contributed by atoms with Crippen molar-refractivity contribution in [2.45, 2.75) is 12.8 Å². The first-order valence-electron chi connectivity index (χ1n) is 10.2. The fraction of sp³-hybridized carbons (Fsp3) is 0.381. The smallest absolute Gasteiger partial charge is 0.223 e. The fourth-order valence-electron chi connectivity index (χ4n) is 3.49. The zero-order valence-corrected chi connectivity index (χ0v) is 17.3. The van der Waals surface area contributed by atoms with Gasteiger partial charge in [0.05, 0.1) is 13.7 Å². The van der Waals surface area contributed by atoms with Gasteiger partial charge in [-0.05, 0) is 37.1 Å². The van der Waals surface area contributed by atoms with E-state index < -0.39 is 0 Å². The van der Waals surface area contributed by atoms with Crippen molar-refractivity contribution in [2.75, 3.05) is 38.3 Å². The van der Waals surface area contributed by atoms with Gasteiger partial charge < -0.3 is 19.7 Å². The van der Waals surface area contributed by atoms with Crippen LogP contribution in [0.1, 0.15) is 12.8 Å².